The number of benzene rings is 1. The van der Waals surface area contributed by atoms with Gasteiger partial charge in [0.25, 0.3) is 5.91 Å². The topological polar surface area (TPSA) is 194 Å². The minimum Gasteiger partial charge on any atom is -0.496 e. The fourth-order valence-corrected chi connectivity index (χ4v) is 11.5. The van der Waals surface area contributed by atoms with Crippen molar-refractivity contribution in [2.75, 3.05) is 25.6 Å². The van der Waals surface area contributed by atoms with Gasteiger partial charge in [-0.05, 0) is 87.2 Å². The van der Waals surface area contributed by atoms with E-state index in [4.69, 9.17) is 19.2 Å². The maximum absolute atomic E-state index is 15.1. The predicted octanol–water partition coefficient (Wildman–Crippen LogP) is 6.04. The average molecular weight is 877 g/mol. The van der Waals surface area contributed by atoms with E-state index in [2.05, 4.69) is 47.2 Å². The van der Waals surface area contributed by atoms with Crippen molar-refractivity contribution < 1.29 is 41.8 Å². The maximum Gasteiger partial charge on any atom is 0.407 e. The Morgan fingerprint density at radius 3 is 2.40 bits per heavy atom. The lowest BCUT2D eigenvalue weighted by Crippen LogP contribution is -2.59. The summed E-state index contributed by atoms with van der Waals surface area (Å²) in [4.78, 5) is 63.7. The molecule has 4 N–H and O–H groups in total. The first-order chi connectivity index (χ1) is 29.7. The molecule has 2 aliphatic heterocycles. The van der Waals surface area contributed by atoms with Gasteiger partial charge >= 0.3 is 6.09 Å². The number of carbonyl (C=O) groups excluding carboxylic acids is 4. The van der Waals surface area contributed by atoms with E-state index >= 15 is 4.79 Å². The van der Waals surface area contributed by atoms with Gasteiger partial charge in [0.15, 0.2) is 0 Å². The van der Waals surface area contributed by atoms with Gasteiger partial charge in [-0.25, -0.2) is 18.2 Å². The number of sulfonamides is 1. The SMILES string of the molecule is C=C[C@H]1C[C@@]1(NC(=O)[C@@H]1C[C@@H]2CN1C(=O)[C@H](C1CCCCC1)NC(=O)OCC(C)(C)CCCc1cc3c(cc(NC4CCCCC4)nc3cc1OC)O2)C(=O)NS(=O)(=O)C1CC1. The Bertz CT molecular complexity index is 2170. The van der Waals surface area contributed by atoms with Gasteiger partial charge in [-0.2, -0.15) is 0 Å². The smallest absolute Gasteiger partial charge is 0.407 e. The van der Waals surface area contributed by atoms with E-state index in [9.17, 15) is 22.8 Å². The molecule has 4 saturated carbocycles. The number of pyridine rings is 1. The fourth-order valence-electron chi connectivity index (χ4n) is 10.1. The van der Waals surface area contributed by atoms with Gasteiger partial charge in [-0.3, -0.25) is 19.1 Å². The van der Waals surface area contributed by atoms with Crippen LogP contribution in [0.25, 0.3) is 10.9 Å². The molecule has 16 heteroatoms. The molecule has 15 nitrogen and oxygen atoms in total. The first-order valence-electron chi connectivity index (χ1n) is 22.9. The summed E-state index contributed by atoms with van der Waals surface area (Å²) in [7, 11) is -2.26. The highest BCUT2D eigenvalue weighted by atomic mass is 32.2. The molecule has 0 spiro atoms. The van der Waals surface area contributed by atoms with Gasteiger partial charge in [0.2, 0.25) is 21.8 Å². The summed E-state index contributed by atoms with van der Waals surface area (Å²) < 4.78 is 46.7. The lowest BCUT2D eigenvalue weighted by atomic mass is 9.83. The highest BCUT2D eigenvalue weighted by Gasteiger charge is 2.62. The minimum atomic E-state index is -3.91. The maximum atomic E-state index is 15.1. The zero-order chi connectivity index (χ0) is 43.8. The summed E-state index contributed by atoms with van der Waals surface area (Å²) in [5, 5.41) is 9.62. The molecule has 62 heavy (non-hydrogen) atoms. The van der Waals surface area contributed by atoms with E-state index in [0.717, 1.165) is 81.6 Å². The second-order valence-corrected chi connectivity index (χ2v) is 21.4. The molecule has 6 aliphatic rings. The van der Waals surface area contributed by atoms with E-state index in [1.165, 1.54) is 17.4 Å². The van der Waals surface area contributed by atoms with Crippen LogP contribution in [0.3, 0.4) is 0 Å². The van der Waals surface area contributed by atoms with E-state index < -0.39 is 68.7 Å². The number of nitrogens with zero attached hydrogens (tertiary/aromatic N) is 2. The standard InChI is InChI=1S/C46H64N6O9S/c1-5-30-25-46(30,43(55)51-62(57,58)33-18-19-33)50-41(53)36-22-32-26-52(36)42(54)40(28-13-8-6-9-14-28)49-44(56)60-27-45(2,3)20-12-15-29-21-34-35(23-37(29)59-4)48-39(24-38(34)61-32)47-31-16-10-7-11-17-31/h5,21,23-24,28,30-33,36,40H,1,6-20,22,25-27H2,2-4H3,(H,47,48)(H,49,56)(H,50,53)(H,51,55)/t30-,32+,36-,40-,46-/m0/s1. The molecule has 4 bridgehead atoms. The van der Waals surface area contributed by atoms with Crippen molar-refractivity contribution in [3.05, 3.63) is 36.4 Å². The molecule has 3 heterocycles. The molecule has 8 rings (SSSR count). The van der Waals surface area contributed by atoms with Crippen LogP contribution in [0.4, 0.5) is 10.6 Å². The van der Waals surface area contributed by atoms with Crippen LogP contribution < -0.4 is 30.1 Å². The van der Waals surface area contributed by atoms with Crippen LogP contribution in [0.15, 0.2) is 30.9 Å². The van der Waals surface area contributed by atoms with Crippen LogP contribution in [0.5, 0.6) is 11.5 Å². The summed E-state index contributed by atoms with van der Waals surface area (Å²) in [6, 6.07) is 4.09. The number of alkyl carbamates (subject to hydrolysis) is 1. The Kier molecular flexibility index (Phi) is 12.7. The highest BCUT2D eigenvalue weighted by Crippen LogP contribution is 2.46. The van der Waals surface area contributed by atoms with Crippen LogP contribution >= 0.6 is 0 Å². The quantitative estimate of drug-likeness (QED) is 0.203. The zero-order valence-corrected chi connectivity index (χ0v) is 37.3. The largest absolute Gasteiger partial charge is 0.496 e. The minimum absolute atomic E-state index is 0.0161. The number of fused-ring (bicyclic) bond motifs is 3. The number of hydrogen-bond donors (Lipinski definition) is 4. The van der Waals surface area contributed by atoms with Crippen molar-refractivity contribution in [1.82, 2.24) is 25.2 Å². The van der Waals surface area contributed by atoms with Crippen molar-refractivity contribution in [3.63, 3.8) is 0 Å². The Morgan fingerprint density at radius 2 is 1.73 bits per heavy atom. The second kappa shape index (κ2) is 17.9. The molecule has 1 aromatic carbocycles. The summed E-state index contributed by atoms with van der Waals surface area (Å²) >= 11 is 0. The molecule has 1 aromatic heterocycles. The van der Waals surface area contributed by atoms with Gasteiger partial charge in [0.05, 0.1) is 31.0 Å². The normalized spacial score (nSPS) is 28.7. The van der Waals surface area contributed by atoms with Crippen molar-refractivity contribution >= 4 is 50.6 Å². The summed E-state index contributed by atoms with van der Waals surface area (Å²) in [5.41, 5.74) is -0.262. The number of methoxy groups -OCH3 is 1. The molecule has 338 valence electrons. The van der Waals surface area contributed by atoms with Crippen molar-refractivity contribution in [3.8, 4) is 11.5 Å². The molecule has 1 saturated heterocycles. The van der Waals surface area contributed by atoms with Gasteiger partial charge in [-0.15, -0.1) is 6.58 Å². The van der Waals surface area contributed by atoms with Gasteiger partial charge in [0, 0.05) is 35.9 Å². The first kappa shape index (κ1) is 44.0. The summed E-state index contributed by atoms with van der Waals surface area (Å²) in [5.74, 6) is -0.638. The Balaban J connectivity index is 1.17. The van der Waals surface area contributed by atoms with Crippen LogP contribution in [0.2, 0.25) is 0 Å². The summed E-state index contributed by atoms with van der Waals surface area (Å²) in [6.45, 7) is 8.10. The number of cyclic esters (lactones) is 1. The molecule has 5 fully saturated rings. The number of hydrogen-bond acceptors (Lipinski definition) is 11. The monoisotopic (exact) mass is 876 g/mol. The number of amides is 4. The van der Waals surface area contributed by atoms with E-state index in [0.29, 0.717) is 42.1 Å². The van der Waals surface area contributed by atoms with Crippen molar-refractivity contribution in [2.24, 2.45) is 17.3 Å². The third-order valence-electron chi connectivity index (χ3n) is 14.1. The third kappa shape index (κ3) is 9.64. The lowest BCUT2D eigenvalue weighted by molar-refractivity contribution is -0.142. The summed E-state index contributed by atoms with van der Waals surface area (Å²) in [6.07, 6.45) is 13.4. The molecule has 0 unspecified atom stereocenters. The van der Waals surface area contributed by atoms with Crippen LogP contribution in [0.1, 0.15) is 122 Å². The van der Waals surface area contributed by atoms with Crippen LogP contribution in [-0.4, -0.2) is 97.4 Å². The Hall–Kier alpha value is -4.60. The van der Waals surface area contributed by atoms with Gasteiger partial charge < -0.3 is 35.1 Å². The molecular weight excluding hydrogens is 813 g/mol. The fraction of sp³-hybridized carbons (Fsp3) is 0.674. The third-order valence-corrected chi connectivity index (χ3v) is 15.9. The van der Waals surface area contributed by atoms with Crippen molar-refractivity contribution in [2.45, 2.75) is 158 Å². The van der Waals surface area contributed by atoms with Crippen molar-refractivity contribution in [1.29, 1.82) is 0 Å². The number of nitrogens with one attached hydrogen (secondary N) is 4. The number of aromatic nitrogens is 1. The first-order valence-corrected chi connectivity index (χ1v) is 24.4. The van der Waals surface area contributed by atoms with Gasteiger partial charge in [0.1, 0.15) is 41.0 Å². The Labute approximate surface area is 365 Å². The average Bonchev–Trinajstić information content (AvgIpc) is 4.19. The van der Waals surface area contributed by atoms with E-state index in [1.54, 1.807) is 7.11 Å². The number of rotatable bonds is 10. The van der Waals surface area contributed by atoms with E-state index in [1.807, 2.05) is 12.1 Å². The Morgan fingerprint density at radius 1 is 1.00 bits per heavy atom. The number of carbonyl (C=O) groups is 4. The lowest BCUT2D eigenvalue weighted by Gasteiger charge is -2.35. The molecule has 2 aromatic rings. The number of anilines is 1. The number of ether oxygens (including phenoxy) is 3. The molecule has 5 atom stereocenters. The zero-order valence-electron chi connectivity index (χ0n) is 36.5. The molecule has 0 radical (unpaired) electrons. The van der Waals surface area contributed by atoms with Crippen LogP contribution in [-0.2, 0) is 35.6 Å². The van der Waals surface area contributed by atoms with Gasteiger partial charge in [-0.1, -0.05) is 58.4 Å². The predicted molar refractivity (Wildman–Crippen MR) is 234 cm³/mol. The van der Waals surface area contributed by atoms with E-state index in [-0.39, 0.29) is 43.4 Å². The number of aryl methyl sites for hydroxylation is 1. The second-order valence-electron chi connectivity index (χ2n) is 19.4. The highest BCUT2D eigenvalue weighted by molar-refractivity contribution is 7.91. The molecule has 4 aliphatic carbocycles. The molecular formula is C46H64N6O9S. The van der Waals surface area contributed by atoms with Crippen LogP contribution in [0, 0.1) is 17.3 Å². The molecule has 4 amide bonds.